The van der Waals surface area contributed by atoms with E-state index >= 15 is 0 Å². The summed E-state index contributed by atoms with van der Waals surface area (Å²) >= 11 is 6.04. The van der Waals surface area contributed by atoms with E-state index in [2.05, 4.69) is 34.7 Å². The number of imidazole rings is 1. The van der Waals surface area contributed by atoms with E-state index in [1.54, 1.807) is 0 Å². The zero-order chi connectivity index (χ0) is 18.1. The molecule has 0 saturated heterocycles. The van der Waals surface area contributed by atoms with Crippen LogP contribution in [0.3, 0.4) is 0 Å². The van der Waals surface area contributed by atoms with Crippen LogP contribution in [0.25, 0.3) is 21.9 Å². The number of rotatable bonds is 5. The van der Waals surface area contributed by atoms with E-state index in [1.165, 1.54) is 5.56 Å². The minimum absolute atomic E-state index is 0.492. The third-order valence-electron chi connectivity index (χ3n) is 4.70. The van der Waals surface area contributed by atoms with E-state index < -0.39 is 0 Å². The largest absolute Gasteiger partial charge is 0.382 e. The number of benzene rings is 2. The van der Waals surface area contributed by atoms with Gasteiger partial charge >= 0.3 is 0 Å². The average Bonchev–Trinajstić information content (AvgIpc) is 3.01. The molecular weight excluding hydrogens is 344 g/mol. The van der Waals surface area contributed by atoms with E-state index in [1.807, 2.05) is 30.3 Å². The van der Waals surface area contributed by atoms with Crippen molar-refractivity contribution in [2.75, 3.05) is 5.73 Å². The van der Waals surface area contributed by atoms with Gasteiger partial charge in [0.1, 0.15) is 11.3 Å². The molecule has 0 bridgehead atoms. The quantitative estimate of drug-likeness (QED) is 0.528. The minimum Gasteiger partial charge on any atom is -0.382 e. The summed E-state index contributed by atoms with van der Waals surface area (Å²) in [6, 6.07) is 16.1. The fraction of sp³-hybridized carbons (Fsp3) is 0.238. The number of hydrogen-bond donors (Lipinski definition) is 1. The molecule has 132 valence electrons. The molecule has 0 aliphatic heterocycles. The molecule has 0 amide bonds. The molecule has 0 aliphatic rings. The Bertz CT molecular complexity index is 1070. The first-order valence-electron chi connectivity index (χ1n) is 8.95. The summed E-state index contributed by atoms with van der Waals surface area (Å²) in [6.45, 7) is 2.93. The molecule has 2 heterocycles. The third kappa shape index (κ3) is 3.01. The van der Waals surface area contributed by atoms with Crippen LogP contribution in [0.5, 0.6) is 0 Å². The highest BCUT2D eigenvalue weighted by Gasteiger charge is 2.17. The van der Waals surface area contributed by atoms with Gasteiger partial charge in [0.2, 0.25) is 0 Å². The SMILES string of the molecule is CCCCc1nc2c(N)nc3ccccc3c2n1Cc1ccc(Cl)cc1. The maximum atomic E-state index is 6.24. The maximum Gasteiger partial charge on any atom is 0.152 e. The Morgan fingerprint density at radius 3 is 2.58 bits per heavy atom. The molecule has 0 aliphatic carbocycles. The molecule has 2 aromatic heterocycles. The first-order valence-corrected chi connectivity index (χ1v) is 9.33. The zero-order valence-corrected chi connectivity index (χ0v) is 15.5. The fourth-order valence-corrected chi connectivity index (χ4v) is 3.50. The van der Waals surface area contributed by atoms with Crippen LogP contribution in [0.1, 0.15) is 31.2 Å². The van der Waals surface area contributed by atoms with Gasteiger partial charge in [0.05, 0.1) is 11.0 Å². The Morgan fingerprint density at radius 1 is 1.04 bits per heavy atom. The Kier molecular flexibility index (Phi) is 4.51. The highest BCUT2D eigenvalue weighted by atomic mass is 35.5. The summed E-state index contributed by atoms with van der Waals surface area (Å²) < 4.78 is 2.29. The number of nitrogens with zero attached hydrogens (tertiary/aromatic N) is 3. The van der Waals surface area contributed by atoms with E-state index in [9.17, 15) is 0 Å². The minimum atomic E-state index is 0.492. The van der Waals surface area contributed by atoms with Gasteiger partial charge in [-0.05, 0) is 30.2 Å². The van der Waals surface area contributed by atoms with Crippen molar-refractivity contribution in [3.8, 4) is 0 Å². The lowest BCUT2D eigenvalue weighted by Crippen LogP contribution is -2.06. The summed E-state index contributed by atoms with van der Waals surface area (Å²) in [5.74, 6) is 1.55. The molecule has 0 radical (unpaired) electrons. The van der Waals surface area contributed by atoms with Gasteiger partial charge in [-0.3, -0.25) is 0 Å². The van der Waals surface area contributed by atoms with Crippen molar-refractivity contribution in [2.45, 2.75) is 32.7 Å². The molecule has 0 atom stereocenters. The van der Waals surface area contributed by atoms with Gasteiger partial charge in [-0.1, -0.05) is 55.3 Å². The van der Waals surface area contributed by atoms with Crippen molar-refractivity contribution in [3.05, 3.63) is 64.9 Å². The number of hydrogen-bond acceptors (Lipinski definition) is 3. The van der Waals surface area contributed by atoms with Gasteiger partial charge in [-0.2, -0.15) is 0 Å². The molecule has 2 N–H and O–H groups in total. The van der Waals surface area contributed by atoms with Gasteiger partial charge < -0.3 is 10.3 Å². The highest BCUT2D eigenvalue weighted by molar-refractivity contribution is 6.30. The van der Waals surface area contributed by atoms with Crippen molar-refractivity contribution < 1.29 is 0 Å². The summed E-state index contributed by atoms with van der Waals surface area (Å²) in [5.41, 5.74) is 10.2. The zero-order valence-electron chi connectivity index (χ0n) is 14.7. The molecule has 0 unspecified atom stereocenters. The second-order valence-electron chi connectivity index (χ2n) is 6.56. The molecule has 4 rings (SSSR count). The standard InChI is InChI=1S/C21H21ClN4/c1-2-3-8-18-25-19-20(16-6-4-5-7-17(16)24-21(19)23)26(18)13-14-9-11-15(22)12-10-14/h4-7,9-12H,2-3,8,13H2,1H3,(H2,23,24). The van der Waals surface area contributed by atoms with E-state index in [0.29, 0.717) is 5.82 Å². The molecule has 0 saturated carbocycles. The Morgan fingerprint density at radius 2 is 1.81 bits per heavy atom. The highest BCUT2D eigenvalue weighted by Crippen LogP contribution is 2.30. The van der Waals surface area contributed by atoms with Gasteiger partial charge in [0, 0.05) is 23.4 Å². The maximum absolute atomic E-state index is 6.24. The second-order valence-corrected chi connectivity index (χ2v) is 6.99. The Balaban J connectivity index is 1.95. The molecule has 4 nitrogen and oxygen atoms in total. The summed E-state index contributed by atoms with van der Waals surface area (Å²) in [7, 11) is 0. The molecule has 4 aromatic rings. The molecular formula is C21H21ClN4. The van der Waals surface area contributed by atoms with Gasteiger partial charge in [-0.25, -0.2) is 9.97 Å². The Labute approximate surface area is 157 Å². The fourth-order valence-electron chi connectivity index (χ4n) is 3.37. The van der Waals surface area contributed by atoms with Crippen molar-refractivity contribution >= 4 is 39.4 Å². The first-order chi connectivity index (χ1) is 12.7. The van der Waals surface area contributed by atoms with Crippen LogP contribution in [-0.4, -0.2) is 14.5 Å². The summed E-state index contributed by atoms with van der Waals surface area (Å²) in [4.78, 5) is 9.40. The number of nitrogen functional groups attached to an aromatic ring is 1. The van der Waals surface area contributed by atoms with Crippen molar-refractivity contribution in [1.29, 1.82) is 0 Å². The average molecular weight is 365 g/mol. The smallest absolute Gasteiger partial charge is 0.152 e. The third-order valence-corrected chi connectivity index (χ3v) is 4.95. The van der Waals surface area contributed by atoms with E-state index in [-0.39, 0.29) is 0 Å². The number of halogens is 1. The van der Waals surface area contributed by atoms with Crippen LogP contribution in [0, 0.1) is 0 Å². The van der Waals surface area contributed by atoms with Gasteiger partial charge in [-0.15, -0.1) is 0 Å². The van der Waals surface area contributed by atoms with Crippen molar-refractivity contribution in [3.63, 3.8) is 0 Å². The number of para-hydroxylation sites is 1. The monoisotopic (exact) mass is 364 g/mol. The molecule has 0 spiro atoms. The van der Waals surface area contributed by atoms with Crippen LogP contribution in [0.2, 0.25) is 5.02 Å². The summed E-state index contributed by atoms with van der Waals surface area (Å²) in [5, 5.41) is 1.83. The molecule has 0 fully saturated rings. The predicted molar refractivity (Wildman–Crippen MR) is 109 cm³/mol. The number of anilines is 1. The van der Waals surface area contributed by atoms with Gasteiger partial charge in [0.25, 0.3) is 0 Å². The first kappa shape index (κ1) is 16.9. The predicted octanol–water partition coefficient (Wildman–Crippen LogP) is 5.21. The normalized spacial score (nSPS) is 11.5. The van der Waals surface area contributed by atoms with Crippen LogP contribution in [0.15, 0.2) is 48.5 Å². The van der Waals surface area contributed by atoms with Crippen LogP contribution >= 0.6 is 11.6 Å². The van der Waals surface area contributed by atoms with E-state index in [0.717, 1.165) is 58.6 Å². The van der Waals surface area contributed by atoms with Crippen molar-refractivity contribution in [2.24, 2.45) is 0 Å². The second kappa shape index (κ2) is 6.96. The molecule has 5 heteroatoms. The summed E-state index contributed by atoms with van der Waals surface area (Å²) in [6.07, 6.45) is 3.14. The van der Waals surface area contributed by atoms with E-state index in [4.69, 9.17) is 22.3 Å². The van der Waals surface area contributed by atoms with Crippen LogP contribution < -0.4 is 5.73 Å². The molecule has 26 heavy (non-hydrogen) atoms. The number of aromatic nitrogens is 3. The lowest BCUT2D eigenvalue weighted by atomic mass is 10.1. The topological polar surface area (TPSA) is 56.7 Å². The molecule has 2 aromatic carbocycles. The lowest BCUT2D eigenvalue weighted by Gasteiger charge is -2.11. The number of nitrogens with two attached hydrogens (primary N) is 1. The van der Waals surface area contributed by atoms with Gasteiger partial charge in [0.15, 0.2) is 5.82 Å². The Hall–Kier alpha value is -2.59. The van der Waals surface area contributed by atoms with Crippen LogP contribution in [0.4, 0.5) is 5.82 Å². The number of fused-ring (bicyclic) bond motifs is 3. The number of pyridine rings is 1. The number of aryl methyl sites for hydroxylation is 1. The van der Waals surface area contributed by atoms with Crippen molar-refractivity contribution in [1.82, 2.24) is 14.5 Å². The number of unbranched alkanes of at least 4 members (excludes halogenated alkanes) is 1. The lowest BCUT2D eigenvalue weighted by molar-refractivity contribution is 0.690. The van der Waals surface area contributed by atoms with Crippen LogP contribution in [-0.2, 0) is 13.0 Å².